The average Bonchev–Trinajstić information content (AvgIpc) is 2.86. The second-order valence-electron chi connectivity index (χ2n) is 9.56. The minimum atomic E-state index is -4.10. The highest BCUT2D eigenvalue weighted by Gasteiger charge is 2.41. The van der Waals surface area contributed by atoms with E-state index in [1.165, 1.54) is 0 Å². The summed E-state index contributed by atoms with van der Waals surface area (Å²) in [4.78, 5) is 2.01. The van der Waals surface area contributed by atoms with Gasteiger partial charge >= 0.3 is 6.18 Å². The molecule has 1 aliphatic heterocycles. The van der Waals surface area contributed by atoms with Crippen molar-refractivity contribution in [3.05, 3.63) is 100 Å². The van der Waals surface area contributed by atoms with E-state index in [0.717, 1.165) is 22.3 Å². The van der Waals surface area contributed by atoms with Crippen molar-refractivity contribution < 1.29 is 23.0 Å². The van der Waals surface area contributed by atoms with Crippen LogP contribution in [0, 0.1) is 12.8 Å². The highest BCUT2D eigenvalue weighted by molar-refractivity contribution is 6.30. The van der Waals surface area contributed by atoms with Crippen LogP contribution in [0.2, 0.25) is 5.02 Å². The van der Waals surface area contributed by atoms with Crippen LogP contribution in [0.3, 0.4) is 0 Å². The lowest BCUT2D eigenvalue weighted by Crippen LogP contribution is -2.40. The van der Waals surface area contributed by atoms with Gasteiger partial charge in [-0.2, -0.15) is 13.2 Å². The molecule has 0 amide bonds. The SMILES string of the molecule is Cc1ccc(C(O)(Cc2ccc(Cl)cc2)c2ccc(OCCN3CCC(C(F)(F)F)CC3)cc2)cc1. The van der Waals surface area contributed by atoms with Gasteiger partial charge in [-0.3, -0.25) is 4.90 Å². The standard InChI is InChI=1S/C29H31ClF3NO2/c1-21-2-6-23(7-3-21)28(35,20-22-4-10-26(30)11-5-22)24-8-12-27(13-9-24)36-19-18-34-16-14-25(15-17-34)29(31,32)33/h2-13,25,35H,14-20H2,1H3. The van der Waals surface area contributed by atoms with Crippen LogP contribution in [0.15, 0.2) is 72.8 Å². The van der Waals surface area contributed by atoms with Gasteiger partial charge in [0.2, 0.25) is 0 Å². The van der Waals surface area contributed by atoms with Crippen molar-refractivity contribution in [3.8, 4) is 5.75 Å². The summed E-state index contributed by atoms with van der Waals surface area (Å²) in [5, 5.41) is 12.6. The number of benzene rings is 3. The Morgan fingerprint density at radius 2 is 1.44 bits per heavy atom. The summed E-state index contributed by atoms with van der Waals surface area (Å²) < 4.78 is 44.4. The van der Waals surface area contributed by atoms with Gasteiger partial charge in [0.15, 0.2) is 0 Å². The molecule has 1 saturated heterocycles. The Hall–Kier alpha value is -2.54. The summed E-state index contributed by atoms with van der Waals surface area (Å²) in [5.74, 6) is -0.538. The first kappa shape index (κ1) is 26.5. The van der Waals surface area contributed by atoms with Crippen LogP contribution < -0.4 is 4.74 Å². The predicted molar refractivity (Wildman–Crippen MR) is 136 cm³/mol. The number of nitrogens with zero attached hydrogens (tertiary/aromatic N) is 1. The van der Waals surface area contributed by atoms with E-state index in [1.807, 2.05) is 84.6 Å². The maximum absolute atomic E-state index is 12.9. The lowest BCUT2D eigenvalue weighted by atomic mass is 9.81. The molecule has 3 aromatic carbocycles. The van der Waals surface area contributed by atoms with Gasteiger partial charge in [-0.25, -0.2) is 0 Å². The molecular weight excluding hydrogens is 487 g/mol. The molecule has 1 atom stereocenters. The Bertz CT molecular complexity index is 1110. The van der Waals surface area contributed by atoms with E-state index >= 15 is 0 Å². The van der Waals surface area contributed by atoms with Crippen LogP contribution in [-0.4, -0.2) is 42.4 Å². The van der Waals surface area contributed by atoms with Crippen LogP contribution in [0.1, 0.15) is 35.1 Å². The number of aliphatic hydroxyl groups is 1. The van der Waals surface area contributed by atoms with Crippen LogP contribution in [0.25, 0.3) is 0 Å². The fourth-order valence-electron chi connectivity index (χ4n) is 4.70. The third kappa shape index (κ3) is 6.61. The molecule has 36 heavy (non-hydrogen) atoms. The highest BCUT2D eigenvalue weighted by atomic mass is 35.5. The Morgan fingerprint density at radius 3 is 2.00 bits per heavy atom. The number of hydrogen-bond acceptors (Lipinski definition) is 3. The summed E-state index contributed by atoms with van der Waals surface area (Å²) in [5.41, 5.74) is 2.35. The molecule has 0 spiro atoms. The highest BCUT2D eigenvalue weighted by Crippen LogP contribution is 2.35. The zero-order valence-corrected chi connectivity index (χ0v) is 21.0. The number of ether oxygens (including phenoxy) is 1. The van der Waals surface area contributed by atoms with Crippen molar-refractivity contribution in [1.82, 2.24) is 4.90 Å². The van der Waals surface area contributed by atoms with Gasteiger partial charge in [-0.05, 0) is 73.8 Å². The van der Waals surface area contributed by atoms with Crippen molar-refractivity contribution in [3.63, 3.8) is 0 Å². The average molecular weight is 518 g/mol. The molecule has 1 aliphatic rings. The molecule has 0 aromatic heterocycles. The lowest BCUT2D eigenvalue weighted by molar-refractivity contribution is -0.185. The van der Waals surface area contributed by atoms with E-state index < -0.39 is 17.7 Å². The molecule has 1 unspecified atom stereocenters. The molecule has 1 fully saturated rings. The number of likely N-dealkylation sites (tertiary alicyclic amines) is 1. The Labute approximate surface area is 215 Å². The van der Waals surface area contributed by atoms with Crippen molar-refractivity contribution >= 4 is 11.6 Å². The molecule has 0 bridgehead atoms. The molecule has 0 saturated carbocycles. The van der Waals surface area contributed by atoms with E-state index in [0.29, 0.717) is 43.4 Å². The van der Waals surface area contributed by atoms with Gasteiger partial charge in [-0.1, -0.05) is 65.7 Å². The van der Waals surface area contributed by atoms with Gasteiger partial charge < -0.3 is 9.84 Å². The van der Waals surface area contributed by atoms with Gasteiger partial charge in [0, 0.05) is 18.0 Å². The van der Waals surface area contributed by atoms with Crippen molar-refractivity contribution in [2.75, 3.05) is 26.2 Å². The first-order valence-electron chi connectivity index (χ1n) is 12.2. The first-order chi connectivity index (χ1) is 17.1. The van der Waals surface area contributed by atoms with Crippen LogP contribution in [0.5, 0.6) is 5.75 Å². The van der Waals surface area contributed by atoms with Gasteiger partial charge in [0.1, 0.15) is 18.0 Å². The Morgan fingerprint density at radius 1 is 0.889 bits per heavy atom. The normalized spacial score (nSPS) is 17.1. The molecular formula is C29H31ClF3NO2. The van der Waals surface area contributed by atoms with Crippen molar-refractivity contribution in [1.29, 1.82) is 0 Å². The minimum absolute atomic E-state index is 0.142. The zero-order valence-electron chi connectivity index (χ0n) is 20.3. The topological polar surface area (TPSA) is 32.7 Å². The minimum Gasteiger partial charge on any atom is -0.492 e. The molecule has 192 valence electrons. The zero-order chi connectivity index (χ0) is 25.8. The van der Waals surface area contributed by atoms with Gasteiger partial charge in [0.05, 0.1) is 5.92 Å². The number of halogens is 4. The fraction of sp³-hybridized carbons (Fsp3) is 0.379. The Balaban J connectivity index is 1.41. The van der Waals surface area contributed by atoms with E-state index in [2.05, 4.69) is 0 Å². The van der Waals surface area contributed by atoms with Gasteiger partial charge in [-0.15, -0.1) is 0 Å². The van der Waals surface area contributed by atoms with Crippen LogP contribution >= 0.6 is 11.6 Å². The number of piperidine rings is 1. The number of alkyl halides is 3. The molecule has 0 radical (unpaired) electrons. The van der Waals surface area contributed by atoms with E-state index in [1.54, 1.807) is 0 Å². The fourth-order valence-corrected chi connectivity index (χ4v) is 4.83. The number of aryl methyl sites for hydroxylation is 1. The van der Waals surface area contributed by atoms with Crippen LogP contribution in [-0.2, 0) is 12.0 Å². The summed E-state index contributed by atoms with van der Waals surface area (Å²) in [6, 6.07) is 22.7. The van der Waals surface area contributed by atoms with E-state index in [-0.39, 0.29) is 12.8 Å². The Kier molecular flexibility index (Phi) is 8.28. The summed E-state index contributed by atoms with van der Waals surface area (Å²) in [6.45, 7) is 3.84. The monoisotopic (exact) mass is 517 g/mol. The smallest absolute Gasteiger partial charge is 0.391 e. The molecule has 1 heterocycles. The van der Waals surface area contributed by atoms with Crippen molar-refractivity contribution in [2.24, 2.45) is 5.92 Å². The molecule has 1 N–H and O–H groups in total. The third-order valence-corrected chi connectivity index (χ3v) is 7.21. The van der Waals surface area contributed by atoms with Crippen molar-refractivity contribution in [2.45, 2.75) is 38.0 Å². The largest absolute Gasteiger partial charge is 0.492 e. The molecule has 0 aliphatic carbocycles. The first-order valence-corrected chi connectivity index (χ1v) is 12.6. The summed E-state index contributed by atoms with van der Waals surface area (Å²) >= 11 is 6.04. The maximum Gasteiger partial charge on any atom is 0.391 e. The number of rotatable bonds is 8. The molecule has 3 nitrogen and oxygen atoms in total. The van der Waals surface area contributed by atoms with E-state index in [4.69, 9.17) is 16.3 Å². The predicted octanol–water partition coefficient (Wildman–Crippen LogP) is 6.78. The summed E-state index contributed by atoms with van der Waals surface area (Å²) in [6.07, 6.45) is -3.44. The van der Waals surface area contributed by atoms with Crippen LogP contribution in [0.4, 0.5) is 13.2 Å². The van der Waals surface area contributed by atoms with E-state index in [9.17, 15) is 18.3 Å². The maximum atomic E-state index is 12.9. The second-order valence-corrected chi connectivity index (χ2v) is 10.00. The third-order valence-electron chi connectivity index (χ3n) is 6.96. The lowest BCUT2D eigenvalue weighted by Gasteiger charge is -2.32. The molecule has 4 rings (SSSR count). The molecule has 7 heteroatoms. The van der Waals surface area contributed by atoms with Gasteiger partial charge in [0.25, 0.3) is 0 Å². The molecule has 3 aromatic rings. The summed E-state index contributed by atoms with van der Waals surface area (Å²) in [7, 11) is 0. The number of hydrogen-bond donors (Lipinski definition) is 1. The quantitative estimate of drug-likeness (QED) is 0.357. The second kappa shape index (κ2) is 11.2.